The molecular formula is C26H31N3O5. The summed E-state index contributed by atoms with van der Waals surface area (Å²) in [6.45, 7) is 4.97. The summed E-state index contributed by atoms with van der Waals surface area (Å²) in [5.74, 6) is -0.130. The highest BCUT2D eigenvalue weighted by Crippen LogP contribution is 2.48. The topological polar surface area (TPSA) is 89.1 Å². The molecule has 3 heterocycles. The van der Waals surface area contributed by atoms with E-state index in [-0.39, 0.29) is 24.3 Å². The first kappa shape index (κ1) is 23.0. The molecule has 0 aliphatic carbocycles. The van der Waals surface area contributed by atoms with Crippen LogP contribution in [-0.2, 0) is 36.6 Å². The first-order valence-electron chi connectivity index (χ1n) is 11.7. The van der Waals surface area contributed by atoms with E-state index in [4.69, 9.17) is 14.2 Å². The lowest BCUT2D eigenvalue weighted by Crippen LogP contribution is -2.51. The highest BCUT2D eigenvalue weighted by molar-refractivity contribution is 5.79. The quantitative estimate of drug-likeness (QED) is 0.616. The molecule has 2 aromatic rings. The summed E-state index contributed by atoms with van der Waals surface area (Å²) in [6, 6.07) is 19.3. The highest BCUT2D eigenvalue weighted by Gasteiger charge is 2.67. The Morgan fingerprint density at radius 1 is 0.824 bits per heavy atom. The van der Waals surface area contributed by atoms with E-state index in [1.807, 2.05) is 74.5 Å². The maximum absolute atomic E-state index is 12.5. The van der Waals surface area contributed by atoms with E-state index in [1.54, 1.807) is 0 Å². The Bertz CT molecular complexity index is 978. The summed E-state index contributed by atoms with van der Waals surface area (Å²) >= 11 is 0. The molecule has 0 unspecified atom stereocenters. The number of ether oxygens (including phenoxy) is 3. The molecule has 0 aromatic heterocycles. The van der Waals surface area contributed by atoms with Crippen LogP contribution in [0.4, 0.5) is 0 Å². The van der Waals surface area contributed by atoms with Crippen molar-refractivity contribution in [2.45, 2.75) is 56.6 Å². The van der Waals surface area contributed by atoms with Crippen molar-refractivity contribution < 1.29 is 23.8 Å². The van der Waals surface area contributed by atoms with Gasteiger partial charge in [0, 0.05) is 0 Å². The van der Waals surface area contributed by atoms with Crippen LogP contribution in [0, 0.1) is 0 Å². The summed E-state index contributed by atoms with van der Waals surface area (Å²) in [6.07, 6.45) is -0.341. The predicted molar refractivity (Wildman–Crippen MR) is 124 cm³/mol. The molecule has 8 nitrogen and oxygen atoms in total. The van der Waals surface area contributed by atoms with Crippen LogP contribution in [0.25, 0.3) is 0 Å². The Kier molecular flexibility index (Phi) is 6.16. The molecule has 3 saturated heterocycles. The van der Waals surface area contributed by atoms with Gasteiger partial charge in [0.05, 0.1) is 32.5 Å². The number of benzene rings is 2. The number of nitrogens with one attached hydrogen (secondary N) is 2. The molecule has 34 heavy (non-hydrogen) atoms. The minimum Gasteiger partial charge on any atom is -0.356 e. The lowest BCUT2D eigenvalue weighted by atomic mass is 10.0. The Morgan fingerprint density at radius 3 is 1.85 bits per heavy atom. The van der Waals surface area contributed by atoms with Gasteiger partial charge < -0.3 is 24.8 Å². The third-order valence-electron chi connectivity index (χ3n) is 6.79. The first-order chi connectivity index (χ1) is 16.4. The van der Waals surface area contributed by atoms with E-state index in [0.717, 1.165) is 11.1 Å². The summed E-state index contributed by atoms with van der Waals surface area (Å²) in [5, 5.41) is 6.02. The fourth-order valence-electron chi connectivity index (χ4n) is 5.03. The molecule has 2 N–H and O–H groups in total. The highest BCUT2D eigenvalue weighted by atomic mass is 16.7. The maximum atomic E-state index is 12.5. The van der Waals surface area contributed by atoms with Crippen molar-refractivity contribution in [3.05, 3.63) is 71.8 Å². The number of nitrogens with zero attached hydrogens (tertiary/aromatic N) is 1. The van der Waals surface area contributed by atoms with Crippen molar-refractivity contribution >= 4 is 11.8 Å². The molecule has 3 aliphatic heterocycles. The van der Waals surface area contributed by atoms with Crippen LogP contribution < -0.4 is 10.6 Å². The van der Waals surface area contributed by atoms with Gasteiger partial charge in [0.15, 0.2) is 0 Å². The van der Waals surface area contributed by atoms with E-state index in [9.17, 15) is 9.59 Å². The monoisotopic (exact) mass is 465 g/mol. The first-order valence-corrected chi connectivity index (χ1v) is 11.7. The Hall–Kier alpha value is -2.78. The second-order valence-electron chi connectivity index (χ2n) is 9.68. The van der Waals surface area contributed by atoms with E-state index in [0.29, 0.717) is 32.5 Å². The van der Waals surface area contributed by atoms with E-state index < -0.39 is 17.4 Å². The van der Waals surface area contributed by atoms with Gasteiger partial charge in [-0.25, -0.2) is 4.90 Å². The maximum Gasteiger partial charge on any atom is 0.224 e. The Balaban J connectivity index is 1.20. The number of carbonyl (C=O) groups is 2. The van der Waals surface area contributed by atoms with Gasteiger partial charge >= 0.3 is 0 Å². The van der Waals surface area contributed by atoms with Crippen LogP contribution in [0.1, 0.15) is 25.0 Å². The molecule has 180 valence electrons. The Labute approximate surface area is 199 Å². The van der Waals surface area contributed by atoms with E-state index in [2.05, 4.69) is 15.5 Å². The third-order valence-corrected chi connectivity index (χ3v) is 6.79. The molecule has 3 fully saturated rings. The average molecular weight is 466 g/mol. The standard InChI is InChI=1S/C26H31N3O5/c1-25(16-27-20(30)13-18-9-5-3-6-10-18)23-29-22(15-32-23)33-26(2,24(29)34-25)17-28-21(31)14-19-11-7-4-8-12-19/h3-12,22-24H,13-17H2,1-2H3,(H,27,30)(H,28,31)/t22-,23-,24-,25-,26-/m0/s1. The van der Waals surface area contributed by atoms with Crippen molar-refractivity contribution in [3.63, 3.8) is 0 Å². The minimum atomic E-state index is -0.731. The third kappa shape index (κ3) is 4.46. The zero-order chi connectivity index (χ0) is 23.8. The zero-order valence-corrected chi connectivity index (χ0v) is 19.5. The van der Waals surface area contributed by atoms with Gasteiger partial charge in [-0.3, -0.25) is 9.59 Å². The molecule has 3 aliphatic rings. The number of carbonyl (C=O) groups excluding carboxylic acids is 2. The second kappa shape index (κ2) is 9.11. The molecule has 5 rings (SSSR count). The van der Waals surface area contributed by atoms with Gasteiger partial charge in [0.1, 0.15) is 29.9 Å². The normalized spacial score (nSPS) is 31.9. The van der Waals surface area contributed by atoms with E-state index >= 15 is 0 Å². The van der Waals surface area contributed by atoms with Gasteiger partial charge in [-0.15, -0.1) is 0 Å². The molecule has 5 atom stereocenters. The largest absolute Gasteiger partial charge is 0.356 e. The summed E-state index contributed by atoms with van der Waals surface area (Å²) in [5.41, 5.74) is 0.459. The van der Waals surface area contributed by atoms with Gasteiger partial charge in [-0.2, -0.15) is 0 Å². The van der Waals surface area contributed by atoms with Crippen LogP contribution in [0.2, 0.25) is 0 Å². The molecule has 0 spiro atoms. The van der Waals surface area contributed by atoms with Crippen LogP contribution in [0.3, 0.4) is 0 Å². The fourth-order valence-corrected chi connectivity index (χ4v) is 5.03. The lowest BCUT2D eigenvalue weighted by molar-refractivity contribution is -0.138. The Morgan fingerprint density at radius 2 is 1.32 bits per heavy atom. The van der Waals surface area contributed by atoms with Gasteiger partial charge in [0.25, 0.3) is 0 Å². The smallest absolute Gasteiger partial charge is 0.224 e. The lowest BCUT2D eigenvalue weighted by Gasteiger charge is -2.32. The van der Waals surface area contributed by atoms with Crippen molar-refractivity contribution in [1.82, 2.24) is 15.5 Å². The molecule has 2 aromatic carbocycles. The van der Waals surface area contributed by atoms with Crippen LogP contribution in [0.5, 0.6) is 0 Å². The fraction of sp³-hybridized carbons (Fsp3) is 0.462. The van der Waals surface area contributed by atoms with Crippen molar-refractivity contribution in [1.29, 1.82) is 0 Å². The molecule has 0 saturated carbocycles. The van der Waals surface area contributed by atoms with Crippen molar-refractivity contribution in [2.75, 3.05) is 19.7 Å². The SMILES string of the molecule is C[C@@]1(CNC(=O)Cc2ccccc2)O[C@H]2CO[C@@H]3N2[C@H]1O[C@@]3(C)CNC(=O)Cc1ccccc1. The number of amides is 2. The van der Waals surface area contributed by atoms with Gasteiger partial charge in [-0.1, -0.05) is 60.7 Å². The number of rotatable bonds is 8. The molecule has 0 bridgehead atoms. The number of hydrogen-bond donors (Lipinski definition) is 2. The predicted octanol–water partition coefficient (Wildman–Crippen LogP) is 1.59. The van der Waals surface area contributed by atoms with Crippen molar-refractivity contribution in [2.24, 2.45) is 0 Å². The van der Waals surface area contributed by atoms with Crippen molar-refractivity contribution in [3.8, 4) is 0 Å². The molecule has 0 radical (unpaired) electrons. The summed E-state index contributed by atoms with van der Waals surface area (Å²) in [4.78, 5) is 27.1. The van der Waals surface area contributed by atoms with Crippen LogP contribution >= 0.6 is 0 Å². The zero-order valence-electron chi connectivity index (χ0n) is 19.5. The average Bonchev–Trinajstić information content (AvgIpc) is 3.46. The van der Waals surface area contributed by atoms with Gasteiger partial charge in [0.2, 0.25) is 11.8 Å². The molecular weight excluding hydrogens is 434 g/mol. The summed E-state index contributed by atoms with van der Waals surface area (Å²) < 4.78 is 18.8. The van der Waals surface area contributed by atoms with Crippen LogP contribution in [0.15, 0.2) is 60.7 Å². The van der Waals surface area contributed by atoms with Gasteiger partial charge in [-0.05, 0) is 25.0 Å². The molecule has 8 heteroatoms. The van der Waals surface area contributed by atoms with Crippen LogP contribution in [-0.4, -0.2) is 66.3 Å². The minimum absolute atomic E-state index is 0.0650. The second-order valence-corrected chi connectivity index (χ2v) is 9.68. The number of hydrogen-bond acceptors (Lipinski definition) is 6. The van der Waals surface area contributed by atoms with E-state index in [1.165, 1.54) is 0 Å². The summed E-state index contributed by atoms with van der Waals surface area (Å²) in [7, 11) is 0. The molecule has 2 amide bonds.